The largest absolute Gasteiger partial charge is 0.405 e. The van der Waals surface area contributed by atoms with E-state index in [1.54, 1.807) is 6.92 Å². The summed E-state index contributed by atoms with van der Waals surface area (Å²) in [4.78, 5) is 1.09. The van der Waals surface area contributed by atoms with Crippen LogP contribution >= 0.6 is 12.2 Å². The van der Waals surface area contributed by atoms with E-state index in [1.165, 1.54) is 12.3 Å². The summed E-state index contributed by atoms with van der Waals surface area (Å²) < 4.78 is 37.5. The number of alkyl halides is 3. The maximum atomic E-state index is 12.5. The fourth-order valence-corrected chi connectivity index (χ4v) is 1.66. The molecule has 0 saturated carbocycles. The van der Waals surface area contributed by atoms with E-state index in [2.05, 4.69) is 10.2 Å². The Hall–Kier alpha value is -1.44. The molecule has 0 amide bonds. The van der Waals surface area contributed by atoms with Crippen LogP contribution in [0.25, 0.3) is 0 Å². The van der Waals surface area contributed by atoms with Crippen molar-refractivity contribution in [2.24, 2.45) is 5.73 Å². The molecule has 0 saturated heterocycles. The van der Waals surface area contributed by atoms with Crippen molar-refractivity contribution in [3.8, 4) is 0 Å². The minimum atomic E-state index is -4.32. The van der Waals surface area contributed by atoms with Gasteiger partial charge in [-0.3, -0.25) is 0 Å². The Morgan fingerprint density at radius 3 is 2.67 bits per heavy atom. The first-order valence-corrected chi connectivity index (χ1v) is 5.69. The van der Waals surface area contributed by atoms with E-state index in [4.69, 9.17) is 18.0 Å². The SMILES string of the molecule is CCCN(CC(F)(F)F)c1nnccc1C(N)=S. The molecular formula is C10H13F3N4S. The first-order valence-electron chi connectivity index (χ1n) is 5.28. The molecule has 0 aromatic carbocycles. The van der Waals surface area contributed by atoms with Crippen LogP contribution in [0.15, 0.2) is 12.3 Å². The van der Waals surface area contributed by atoms with E-state index in [1.807, 2.05) is 0 Å². The van der Waals surface area contributed by atoms with Crippen molar-refractivity contribution in [2.75, 3.05) is 18.0 Å². The number of thiocarbonyl (C=S) groups is 1. The van der Waals surface area contributed by atoms with Crippen molar-refractivity contribution in [2.45, 2.75) is 19.5 Å². The third-order valence-corrected chi connectivity index (χ3v) is 2.35. The van der Waals surface area contributed by atoms with Crippen LogP contribution in [0, 0.1) is 0 Å². The Labute approximate surface area is 108 Å². The lowest BCUT2D eigenvalue weighted by molar-refractivity contribution is -0.119. The lowest BCUT2D eigenvalue weighted by Crippen LogP contribution is -2.37. The highest BCUT2D eigenvalue weighted by Crippen LogP contribution is 2.23. The Bertz CT molecular complexity index is 422. The third-order valence-electron chi connectivity index (χ3n) is 2.13. The Kier molecular flexibility index (Phi) is 4.83. The molecule has 0 unspecified atom stereocenters. The molecule has 8 heteroatoms. The Morgan fingerprint density at radius 1 is 1.50 bits per heavy atom. The lowest BCUT2D eigenvalue weighted by atomic mass is 10.2. The van der Waals surface area contributed by atoms with Gasteiger partial charge in [-0.05, 0) is 12.5 Å². The normalized spacial score (nSPS) is 11.3. The molecule has 0 fully saturated rings. The molecule has 18 heavy (non-hydrogen) atoms. The molecule has 1 aromatic rings. The van der Waals surface area contributed by atoms with Crippen LogP contribution in [-0.2, 0) is 0 Å². The molecule has 0 aliphatic carbocycles. The molecule has 1 rings (SSSR count). The average molecular weight is 278 g/mol. The number of nitrogens with zero attached hydrogens (tertiary/aromatic N) is 3. The van der Waals surface area contributed by atoms with E-state index in [-0.39, 0.29) is 17.4 Å². The van der Waals surface area contributed by atoms with Crippen LogP contribution in [0.3, 0.4) is 0 Å². The second kappa shape index (κ2) is 5.94. The Morgan fingerprint density at radius 2 is 2.17 bits per heavy atom. The first-order chi connectivity index (χ1) is 8.35. The number of halogens is 3. The maximum Gasteiger partial charge on any atom is 0.405 e. The summed E-state index contributed by atoms with van der Waals surface area (Å²) >= 11 is 4.80. The van der Waals surface area contributed by atoms with Crippen LogP contribution < -0.4 is 10.6 Å². The number of aromatic nitrogens is 2. The zero-order chi connectivity index (χ0) is 13.8. The van der Waals surface area contributed by atoms with Crippen molar-refractivity contribution in [1.29, 1.82) is 0 Å². The molecule has 0 aliphatic heterocycles. The summed E-state index contributed by atoms with van der Waals surface area (Å²) in [6.07, 6.45) is -2.43. The smallest absolute Gasteiger partial charge is 0.389 e. The minimum Gasteiger partial charge on any atom is -0.389 e. The van der Waals surface area contributed by atoms with Crippen molar-refractivity contribution < 1.29 is 13.2 Å². The van der Waals surface area contributed by atoms with Gasteiger partial charge in [0.05, 0.1) is 11.8 Å². The molecule has 0 bridgehead atoms. The molecule has 0 aliphatic rings. The van der Waals surface area contributed by atoms with Crippen molar-refractivity contribution in [3.63, 3.8) is 0 Å². The summed E-state index contributed by atoms with van der Waals surface area (Å²) in [6, 6.07) is 1.46. The lowest BCUT2D eigenvalue weighted by Gasteiger charge is -2.25. The fourth-order valence-electron chi connectivity index (χ4n) is 1.50. The highest BCUT2D eigenvalue weighted by molar-refractivity contribution is 7.80. The molecule has 1 aromatic heterocycles. The van der Waals surface area contributed by atoms with Crippen LogP contribution in [0.1, 0.15) is 18.9 Å². The van der Waals surface area contributed by atoms with Crippen LogP contribution in [0.4, 0.5) is 19.0 Å². The van der Waals surface area contributed by atoms with Crippen LogP contribution in [0.2, 0.25) is 0 Å². The van der Waals surface area contributed by atoms with E-state index in [0.717, 1.165) is 4.90 Å². The summed E-state index contributed by atoms with van der Waals surface area (Å²) in [6.45, 7) is 0.878. The second-order valence-electron chi connectivity index (χ2n) is 3.67. The predicted molar refractivity (Wildman–Crippen MR) is 66.5 cm³/mol. The maximum absolute atomic E-state index is 12.5. The molecule has 4 nitrogen and oxygen atoms in total. The van der Waals surface area contributed by atoms with Gasteiger partial charge in [0, 0.05) is 6.54 Å². The zero-order valence-electron chi connectivity index (χ0n) is 9.74. The van der Waals surface area contributed by atoms with E-state index in [9.17, 15) is 13.2 Å². The van der Waals surface area contributed by atoms with Gasteiger partial charge < -0.3 is 10.6 Å². The summed E-state index contributed by atoms with van der Waals surface area (Å²) in [5.41, 5.74) is 5.77. The first kappa shape index (κ1) is 14.6. The second-order valence-corrected chi connectivity index (χ2v) is 4.11. The molecule has 0 spiro atoms. The molecule has 0 atom stereocenters. The van der Waals surface area contributed by atoms with Crippen molar-refractivity contribution >= 4 is 23.0 Å². The van der Waals surface area contributed by atoms with E-state index < -0.39 is 12.7 Å². The summed E-state index contributed by atoms with van der Waals surface area (Å²) in [5.74, 6) is 0.0733. The van der Waals surface area contributed by atoms with Crippen LogP contribution in [-0.4, -0.2) is 34.5 Å². The number of nitrogens with two attached hydrogens (primary N) is 1. The Balaban J connectivity index is 3.09. The van der Waals surface area contributed by atoms with Gasteiger partial charge in [0.15, 0.2) is 5.82 Å². The van der Waals surface area contributed by atoms with Crippen LogP contribution in [0.5, 0.6) is 0 Å². The molecule has 1 heterocycles. The van der Waals surface area contributed by atoms with Gasteiger partial charge in [0.1, 0.15) is 11.5 Å². The number of rotatable bonds is 5. The molecule has 2 N–H and O–H groups in total. The topological polar surface area (TPSA) is 55.0 Å². The van der Waals surface area contributed by atoms with Gasteiger partial charge in [-0.1, -0.05) is 19.1 Å². The fraction of sp³-hybridized carbons (Fsp3) is 0.500. The van der Waals surface area contributed by atoms with Crippen molar-refractivity contribution in [3.05, 3.63) is 17.8 Å². The van der Waals surface area contributed by atoms with E-state index >= 15 is 0 Å². The van der Waals surface area contributed by atoms with Gasteiger partial charge in [-0.25, -0.2) is 0 Å². The monoisotopic (exact) mass is 278 g/mol. The highest BCUT2D eigenvalue weighted by Gasteiger charge is 2.32. The summed E-state index contributed by atoms with van der Waals surface area (Å²) in [7, 11) is 0. The van der Waals surface area contributed by atoms with Gasteiger partial charge in [-0.15, -0.1) is 5.10 Å². The minimum absolute atomic E-state index is 0.00294. The third kappa shape index (κ3) is 4.10. The van der Waals surface area contributed by atoms with Gasteiger partial charge >= 0.3 is 6.18 Å². The van der Waals surface area contributed by atoms with Gasteiger partial charge in [0.25, 0.3) is 0 Å². The van der Waals surface area contributed by atoms with Gasteiger partial charge in [-0.2, -0.15) is 18.3 Å². The quantitative estimate of drug-likeness (QED) is 0.834. The zero-order valence-corrected chi connectivity index (χ0v) is 10.6. The number of hydrogen-bond acceptors (Lipinski definition) is 4. The van der Waals surface area contributed by atoms with Crippen molar-refractivity contribution in [1.82, 2.24) is 10.2 Å². The molecular weight excluding hydrogens is 265 g/mol. The highest BCUT2D eigenvalue weighted by atomic mass is 32.1. The standard InChI is InChI=1S/C10H13F3N4S/c1-2-5-17(6-10(11,12)13)9-7(8(14)18)3-4-15-16-9/h3-4H,2,5-6H2,1H3,(H2,14,18). The van der Waals surface area contributed by atoms with Gasteiger partial charge in [0.2, 0.25) is 0 Å². The molecule has 0 radical (unpaired) electrons. The van der Waals surface area contributed by atoms with E-state index in [0.29, 0.717) is 12.0 Å². The summed E-state index contributed by atoms with van der Waals surface area (Å²) in [5, 5.41) is 7.30. The average Bonchev–Trinajstić information content (AvgIpc) is 2.26. The predicted octanol–water partition coefficient (Wildman–Crippen LogP) is 1.89. The number of anilines is 1. The molecule has 100 valence electrons. The number of hydrogen-bond donors (Lipinski definition) is 1.